The molecule has 0 amide bonds. The zero-order chi connectivity index (χ0) is 15.5. The molecule has 20 heavy (non-hydrogen) atoms. The molecule has 0 saturated carbocycles. The Kier molecular flexibility index (Phi) is 5.35. The van der Waals surface area contributed by atoms with Gasteiger partial charge < -0.3 is 5.11 Å². The molecule has 0 saturated heterocycles. The SMILES string of the molecule is CCN(CC)C(C)(CC(=O)O)c1c(C)cc(C)cc1C. The minimum Gasteiger partial charge on any atom is -0.481 e. The van der Waals surface area contributed by atoms with Gasteiger partial charge in [-0.15, -0.1) is 0 Å². The number of rotatable bonds is 6. The molecule has 1 unspecified atom stereocenters. The number of carboxylic acids is 1. The van der Waals surface area contributed by atoms with Gasteiger partial charge in [-0.2, -0.15) is 0 Å². The molecule has 1 aromatic rings. The van der Waals surface area contributed by atoms with Crippen molar-refractivity contribution in [3.63, 3.8) is 0 Å². The van der Waals surface area contributed by atoms with E-state index in [9.17, 15) is 9.90 Å². The second kappa shape index (κ2) is 6.40. The average Bonchev–Trinajstić information content (AvgIpc) is 2.27. The Hall–Kier alpha value is -1.35. The maximum absolute atomic E-state index is 11.4. The highest BCUT2D eigenvalue weighted by molar-refractivity contribution is 5.69. The first kappa shape index (κ1) is 16.7. The maximum atomic E-state index is 11.4. The van der Waals surface area contributed by atoms with E-state index >= 15 is 0 Å². The molecule has 3 heteroatoms. The molecule has 1 atom stereocenters. The number of hydrogen-bond acceptors (Lipinski definition) is 2. The molecule has 0 aliphatic carbocycles. The Bertz CT molecular complexity index is 469. The number of benzene rings is 1. The van der Waals surface area contributed by atoms with Crippen LogP contribution in [0, 0.1) is 20.8 Å². The highest BCUT2D eigenvalue weighted by Crippen LogP contribution is 2.36. The van der Waals surface area contributed by atoms with Crippen LogP contribution in [0.15, 0.2) is 12.1 Å². The van der Waals surface area contributed by atoms with Crippen molar-refractivity contribution in [3.05, 3.63) is 34.4 Å². The summed E-state index contributed by atoms with van der Waals surface area (Å²) in [5.74, 6) is -0.751. The predicted octanol–water partition coefficient (Wildman–Crippen LogP) is 3.64. The van der Waals surface area contributed by atoms with Gasteiger partial charge in [0.2, 0.25) is 0 Å². The van der Waals surface area contributed by atoms with Crippen LogP contribution in [0.4, 0.5) is 0 Å². The molecule has 112 valence electrons. The van der Waals surface area contributed by atoms with Crippen molar-refractivity contribution in [2.75, 3.05) is 13.1 Å². The van der Waals surface area contributed by atoms with Crippen LogP contribution in [0.25, 0.3) is 0 Å². The average molecular weight is 277 g/mol. The van der Waals surface area contributed by atoms with E-state index in [0.29, 0.717) is 0 Å². The van der Waals surface area contributed by atoms with Gasteiger partial charge in [0.15, 0.2) is 0 Å². The van der Waals surface area contributed by atoms with Crippen molar-refractivity contribution < 1.29 is 9.90 Å². The van der Waals surface area contributed by atoms with Crippen LogP contribution in [0.2, 0.25) is 0 Å². The van der Waals surface area contributed by atoms with Gasteiger partial charge in [-0.3, -0.25) is 9.69 Å². The topological polar surface area (TPSA) is 40.5 Å². The number of aryl methyl sites for hydroxylation is 3. The number of carbonyl (C=O) groups is 1. The lowest BCUT2D eigenvalue weighted by molar-refractivity contribution is -0.140. The van der Waals surface area contributed by atoms with Crippen molar-refractivity contribution >= 4 is 5.97 Å². The summed E-state index contributed by atoms with van der Waals surface area (Å²) in [6, 6.07) is 4.29. The smallest absolute Gasteiger partial charge is 0.305 e. The second-order valence-corrected chi connectivity index (χ2v) is 5.79. The molecular weight excluding hydrogens is 250 g/mol. The summed E-state index contributed by atoms with van der Waals surface area (Å²) in [5.41, 5.74) is 4.28. The Balaban J connectivity index is 3.49. The largest absolute Gasteiger partial charge is 0.481 e. The minimum absolute atomic E-state index is 0.124. The summed E-state index contributed by atoms with van der Waals surface area (Å²) in [7, 11) is 0. The lowest BCUT2D eigenvalue weighted by atomic mass is 9.80. The summed E-state index contributed by atoms with van der Waals surface area (Å²) in [6.45, 7) is 14.2. The molecule has 1 rings (SSSR count). The van der Waals surface area contributed by atoms with Gasteiger partial charge in [0.05, 0.1) is 12.0 Å². The van der Waals surface area contributed by atoms with Gasteiger partial charge in [-0.05, 0) is 57.5 Å². The number of aliphatic carboxylic acids is 1. The highest BCUT2D eigenvalue weighted by atomic mass is 16.4. The monoisotopic (exact) mass is 277 g/mol. The van der Waals surface area contributed by atoms with E-state index in [1.165, 1.54) is 16.7 Å². The van der Waals surface area contributed by atoms with Crippen molar-refractivity contribution in [2.45, 2.75) is 53.5 Å². The molecule has 1 aromatic carbocycles. The Morgan fingerprint density at radius 1 is 1.15 bits per heavy atom. The highest BCUT2D eigenvalue weighted by Gasteiger charge is 2.36. The van der Waals surface area contributed by atoms with Crippen LogP contribution in [-0.4, -0.2) is 29.1 Å². The van der Waals surface area contributed by atoms with Gasteiger partial charge in [-0.25, -0.2) is 0 Å². The fourth-order valence-corrected chi connectivity index (χ4v) is 3.60. The first-order valence-corrected chi connectivity index (χ1v) is 7.31. The standard InChI is InChI=1S/C17H27NO2/c1-7-18(8-2)17(6,11-15(19)20)16-13(4)9-12(3)10-14(16)5/h9-10H,7-8,11H2,1-6H3,(H,19,20). The zero-order valence-electron chi connectivity index (χ0n) is 13.6. The molecular formula is C17H27NO2. The molecule has 3 nitrogen and oxygen atoms in total. The van der Waals surface area contributed by atoms with Gasteiger partial charge in [-0.1, -0.05) is 31.5 Å². The molecule has 0 spiro atoms. The van der Waals surface area contributed by atoms with Crippen molar-refractivity contribution in [3.8, 4) is 0 Å². The van der Waals surface area contributed by atoms with Gasteiger partial charge in [0, 0.05) is 0 Å². The second-order valence-electron chi connectivity index (χ2n) is 5.79. The van der Waals surface area contributed by atoms with E-state index in [4.69, 9.17) is 0 Å². The molecule has 1 N–H and O–H groups in total. The zero-order valence-corrected chi connectivity index (χ0v) is 13.6. The summed E-state index contributed by atoms with van der Waals surface area (Å²) in [4.78, 5) is 13.6. The molecule has 0 heterocycles. The van der Waals surface area contributed by atoms with E-state index in [0.717, 1.165) is 18.7 Å². The third kappa shape index (κ3) is 3.21. The predicted molar refractivity (Wildman–Crippen MR) is 83.2 cm³/mol. The summed E-state index contributed by atoms with van der Waals surface area (Å²) in [5, 5.41) is 9.36. The van der Waals surface area contributed by atoms with Crippen LogP contribution < -0.4 is 0 Å². The lowest BCUT2D eigenvalue weighted by Crippen LogP contribution is -2.46. The molecule has 0 aliphatic rings. The number of carboxylic acid groups (broad SMARTS) is 1. The van der Waals surface area contributed by atoms with Gasteiger partial charge in [0.1, 0.15) is 0 Å². The van der Waals surface area contributed by atoms with E-state index in [-0.39, 0.29) is 6.42 Å². The van der Waals surface area contributed by atoms with Gasteiger partial charge >= 0.3 is 5.97 Å². The van der Waals surface area contributed by atoms with E-state index < -0.39 is 11.5 Å². The first-order valence-electron chi connectivity index (χ1n) is 7.31. The lowest BCUT2D eigenvalue weighted by Gasteiger charge is -2.42. The number of nitrogens with zero attached hydrogens (tertiary/aromatic N) is 1. The van der Waals surface area contributed by atoms with Crippen molar-refractivity contribution in [2.24, 2.45) is 0 Å². The van der Waals surface area contributed by atoms with Crippen LogP contribution >= 0.6 is 0 Å². The van der Waals surface area contributed by atoms with Crippen LogP contribution in [-0.2, 0) is 10.3 Å². The van der Waals surface area contributed by atoms with E-state index in [1.807, 2.05) is 0 Å². The normalized spacial score (nSPS) is 14.3. The minimum atomic E-state index is -0.751. The fourth-order valence-electron chi connectivity index (χ4n) is 3.60. The van der Waals surface area contributed by atoms with Crippen LogP contribution in [0.3, 0.4) is 0 Å². The van der Waals surface area contributed by atoms with Crippen molar-refractivity contribution in [1.29, 1.82) is 0 Å². The fraction of sp³-hybridized carbons (Fsp3) is 0.588. The molecule has 0 aromatic heterocycles. The third-order valence-electron chi connectivity index (χ3n) is 4.17. The third-order valence-corrected chi connectivity index (χ3v) is 4.17. The van der Waals surface area contributed by atoms with Gasteiger partial charge in [0.25, 0.3) is 0 Å². The number of hydrogen-bond donors (Lipinski definition) is 1. The Labute approximate surface area is 122 Å². The first-order chi connectivity index (χ1) is 9.26. The maximum Gasteiger partial charge on any atom is 0.305 e. The summed E-state index contributed by atoms with van der Waals surface area (Å²) < 4.78 is 0. The molecule has 0 fully saturated rings. The van der Waals surface area contributed by atoms with E-state index in [1.54, 1.807) is 0 Å². The Morgan fingerprint density at radius 3 is 1.95 bits per heavy atom. The van der Waals surface area contributed by atoms with Crippen molar-refractivity contribution in [1.82, 2.24) is 4.90 Å². The van der Waals surface area contributed by atoms with Crippen LogP contribution in [0.5, 0.6) is 0 Å². The van der Waals surface area contributed by atoms with Crippen LogP contribution in [0.1, 0.15) is 49.4 Å². The molecule has 0 radical (unpaired) electrons. The Morgan fingerprint density at radius 2 is 1.60 bits per heavy atom. The molecule has 0 bridgehead atoms. The quantitative estimate of drug-likeness (QED) is 0.863. The van der Waals surface area contributed by atoms with E-state index in [2.05, 4.69) is 58.6 Å². The summed E-state index contributed by atoms with van der Waals surface area (Å²) in [6.07, 6.45) is 0.124. The molecule has 0 aliphatic heterocycles. The summed E-state index contributed by atoms with van der Waals surface area (Å²) >= 11 is 0.